The Hall–Kier alpha value is -1.25. The van der Waals surface area contributed by atoms with E-state index in [4.69, 9.17) is 10.8 Å². The van der Waals surface area contributed by atoms with Gasteiger partial charge in [0, 0.05) is 0 Å². The van der Waals surface area contributed by atoms with E-state index in [0.717, 1.165) is 5.76 Å². The van der Waals surface area contributed by atoms with Crippen LogP contribution in [0.2, 0.25) is 0 Å². The van der Waals surface area contributed by atoms with Crippen LogP contribution in [-0.2, 0) is 11.3 Å². The molecule has 1 amide bonds. The molecule has 0 spiro atoms. The second kappa shape index (κ2) is 6.48. The van der Waals surface area contributed by atoms with Gasteiger partial charge in [0.1, 0.15) is 5.76 Å². The van der Waals surface area contributed by atoms with Crippen molar-refractivity contribution in [3.8, 4) is 12.3 Å². The van der Waals surface area contributed by atoms with Crippen LogP contribution in [0.15, 0.2) is 21.2 Å². The molecule has 1 rings (SSSR count). The van der Waals surface area contributed by atoms with E-state index < -0.39 is 0 Å². The zero-order valence-corrected chi connectivity index (χ0v) is 11.5. The van der Waals surface area contributed by atoms with Crippen molar-refractivity contribution in [2.45, 2.75) is 19.5 Å². The molecule has 0 unspecified atom stereocenters. The summed E-state index contributed by atoms with van der Waals surface area (Å²) in [5.74, 6) is 3.09. The number of nitrogens with zero attached hydrogens (tertiary/aromatic N) is 1. The fourth-order valence-corrected chi connectivity index (χ4v) is 1.65. The van der Waals surface area contributed by atoms with Crippen LogP contribution < -0.4 is 5.32 Å². The third-order valence-electron chi connectivity index (χ3n) is 2.44. The Labute approximate surface area is 109 Å². The van der Waals surface area contributed by atoms with Crippen LogP contribution in [0.25, 0.3) is 0 Å². The zero-order valence-electron chi connectivity index (χ0n) is 9.87. The molecule has 17 heavy (non-hydrogen) atoms. The first-order chi connectivity index (χ1) is 8.04. The summed E-state index contributed by atoms with van der Waals surface area (Å²) < 4.78 is 6.06. The van der Waals surface area contributed by atoms with Gasteiger partial charge in [-0.2, -0.15) is 0 Å². The van der Waals surface area contributed by atoms with E-state index in [-0.39, 0.29) is 18.5 Å². The number of rotatable bonds is 5. The smallest absolute Gasteiger partial charge is 0.237 e. The maximum Gasteiger partial charge on any atom is 0.237 e. The number of hydrogen-bond acceptors (Lipinski definition) is 3. The predicted molar refractivity (Wildman–Crippen MR) is 69.2 cm³/mol. The average Bonchev–Trinajstić information content (AvgIpc) is 2.70. The predicted octanol–water partition coefficient (Wildman–Crippen LogP) is 1.61. The van der Waals surface area contributed by atoms with Crippen LogP contribution in [0.3, 0.4) is 0 Å². The molecule has 0 bridgehead atoms. The molecule has 0 radical (unpaired) electrons. The summed E-state index contributed by atoms with van der Waals surface area (Å²) in [6, 6.07) is 3.44. The summed E-state index contributed by atoms with van der Waals surface area (Å²) in [4.78, 5) is 13.5. The molecule has 0 aliphatic heterocycles. The van der Waals surface area contributed by atoms with Gasteiger partial charge in [-0.15, -0.1) is 6.42 Å². The Balaban J connectivity index is 2.49. The van der Waals surface area contributed by atoms with Crippen molar-refractivity contribution >= 4 is 21.8 Å². The SMILES string of the molecule is C#CCNC(=O)[C@H](C)N(C)Cc1ccc(Br)o1. The van der Waals surface area contributed by atoms with Gasteiger partial charge in [-0.05, 0) is 42.0 Å². The van der Waals surface area contributed by atoms with Crippen LogP contribution in [0.1, 0.15) is 12.7 Å². The van der Waals surface area contributed by atoms with E-state index in [0.29, 0.717) is 11.2 Å². The molecular weight excluding hydrogens is 284 g/mol. The van der Waals surface area contributed by atoms with Gasteiger partial charge in [-0.25, -0.2) is 0 Å². The monoisotopic (exact) mass is 298 g/mol. The van der Waals surface area contributed by atoms with Gasteiger partial charge in [0.2, 0.25) is 5.91 Å². The Bertz CT molecular complexity index is 422. The number of carbonyl (C=O) groups is 1. The lowest BCUT2D eigenvalue weighted by Gasteiger charge is -2.22. The minimum Gasteiger partial charge on any atom is -0.453 e. The van der Waals surface area contributed by atoms with Gasteiger partial charge >= 0.3 is 0 Å². The first kappa shape index (κ1) is 13.8. The Morgan fingerprint density at radius 1 is 1.71 bits per heavy atom. The Morgan fingerprint density at radius 3 is 2.94 bits per heavy atom. The number of carbonyl (C=O) groups excluding carboxylic acids is 1. The third-order valence-corrected chi connectivity index (χ3v) is 2.87. The van der Waals surface area contributed by atoms with Crippen LogP contribution in [-0.4, -0.2) is 30.4 Å². The number of nitrogens with one attached hydrogen (secondary N) is 1. The molecule has 1 atom stereocenters. The maximum atomic E-state index is 11.7. The highest BCUT2D eigenvalue weighted by Crippen LogP contribution is 2.15. The largest absolute Gasteiger partial charge is 0.453 e. The van der Waals surface area contributed by atoms with Crippen molar-refractivity contribution in [3.05, 3.63) is 22.6 Å². The highest BCUT2D eigenvalue weighted by molar-refractivity contribution is 9.10. The summed E-state index contributed by atoms with van der Waals surface area (Å²) >= 11 is 3.24. The van der Waals surface area contributed by atoms with Crippen molar-refractivity contribution in [3.63, 3.8) is 0 Å². The summed E-state index contributed by atoms with van der Waals surface area (Å²) in [5.41, 5.74) is 0. The second-order valence-electron chi connectivity index (χ2n) is 3.72. The van der Waals surface area contributed by atoms with Crippen molar-refractivity contribution < 1.29 is 9.21 Å². The zero-order chi connectivity index (χ0) is 12.8. The summed E-state index contributed by atoms with van der Waals surface area (Å²) in [7, 11) is 1.86. The number of hydrogen-bond donors (Lipinski definition) is 1. The van der Waals surface area contributed by atoms with Gasteiger partial charge < -0.3 is 9.73 Å². The number of furan rings is 1. The van der Waals surface area contributed by atoms with Crippen molar-refractivity contribution in [2.75, 3.05) is 13.6 Å². The first-order valence-electron chi connectivity index (χ1n) is 5.20. The molecule has 5 heteroatoms. The fraction of sp³-hybridized carbons (Fsp3) is 0.417. The Kier molecular flexibility index (Phi) is 5.26. The standard InChI is InChI=1S/C12H15BrN2O2/c1-4-7-14-12(16)9(2)15(3)8-10-5-6-11(13)17-10/h1,5-6,9H,7-8H2,2-3H3,(H,14,16)/t9-/m0/s1. The molecule has 0 aliphatic rings. The quantitative estimate of drug-likeness (QED) is 0.840. The average molecular weight is 299 g/mol. The lowest BCUT2D eigenvalue weighted by molar-refractivity contribution is -0.125. The van der Waals surface area contributed by atoms with Crippen molar-refractivity contribution in [1.29, 1.82) is 0 Å². The molecule has 0 saturated carbocycles. The molecule has 0 fully saturated rings. The van der Waals surface area contributed by atoms with E-state index in [1.54, 1.807) is 0 Å². The van der Waals surface area contributed by atoms with Gasteiger partial charge in [-0.3, -0.25) is 9.69 Å². The minimum atomic E-state index is -0.257. The fourth-order valence-electron chi connectivity index (χ4n) is 1.31. The molecule has 4 nitrogen and oxygen atoms in total. The highest BCUT2D eigenvalue weighted by Gasteiger charge is 2.18. The van der Waals surface area contributed by atoms with Gasteiger partial charge in [-0.1, -0.05) is 5.92 Å². The van der Waals surface area contributed by atoms with E-state index in [1.807, 2.05) is 31.0 Å². The molecule has 92 valence electrons. The van der Waals surface area contributed by atoms with E-state index >= 15 is 0 Å². The maximum absolute atomic E-state index is 11.7. The van der Waals surface area contributed by atoms with Crippen LogP contribution in [0.4, 0.5) is 0 Å². The lowest BCUT2D eigenvalue weighted by Crippen LogP contribution is -2.42. The first-order valence-corrected chi connectivity index (χ1v) is 5.99. The van der Waals surface area contributed by atoms with Crippen LogP contribution in [0, 0.1) is 12.3 Å². The topological polar surface area (TPSA) is 45.5 Å². The number of terminal acetylenes is 1. The van der Waals surface area contributed by atoms with Gasteiger partial charge in [0.15, 0.2) is 4.67 Å². The third kappa shape index (κ3) is 4.25. The van der Waals surface area contributed by atoms with Gasteiger partial charge in [0.25, 0.3) is 0 Å². The summed E-state index contributed by atoms with van der Waals surface area (Å²) in [5, 5.41) is 2.65. The van der Waals surface area contributed by atoms with Gasteiger partial charge in [0.05, 0.1) is 19.1 Å². The lowest BCUT2D eigenvalue weighted by atomic mass is 10.2. The van der Waals surface area contributed by atoms with E-state index in [9.17, 15) is 4.79 Å². The molecule has 1 N–H and O–H groups in total. The summed E-state index contributed by atoms with van der Waals surface area (Å²) in [6.45, 7) is 2.64. The number of likely N-dealkylation sites (N-methyl/N-ethyl adjacent to an activating group) is 1. The van der Waals surface area contributed by atoms with E-state index in [2.05, 4.69) is 27.2 Å². The normalized spacial score (nSPS) is 12.2. The minimum absolute atomic E-state index is 0.0870. The Morgan fingerprint density at radius 2 is 2.41 bits per heavy atom. The van der Waals surface area contributed by atoms with Crippen LogP contribution >= 0.6 is 15.9 Å². The number of halogens is 1. The van der Waals surface area contributed by atoms with Crippen molar-refractivity contribution in [1.82, 2.24) is 10.2 Å². The molecule has 0 aliphatic carbocycles. The molecule has 0 saturated heterocycles. The number of amides is 1. The highest BCUT2D eigenvalue weighted by atomic mass is 79.9. The molecule has 0 aromatic carbocycles. The summed E-state index contributed by atoms with van der Waals surface area (Å²) in [6.07, 6.45) is 5.08. The van der Waals surface area contributed by atoms with Crippen LogP contribution in [0.5, 0.6) is 0 Å². The van der Waals surface area contributed by atoms with Crippen molar-refractivity contribution in [2.24, 2.45) is 0 Å². The molecule has 1 heterocycles. The second-order valence-corrected chi connectivity index (χ2v) is 4.50. The molecular formula is C12H15BrN2O2. The molecule has 1 aromatic heterocycles. The van der Waals surface area contributed by atoms with E-state index in [1.165, 1.54) is 0 Å². The molecule has 1 aromatic rings.